The second-order valence-corrected chi connectivity index (χ2v) is 12.5. The molecule has 1 saturated carbocycles. The van der Waals surface area contributed by atoms with Crippen molar-refractivity contribution in [1.82, 2.24) is 25.0 Å². The lowest BCUT2D eigenvalue weighted by Crippen LogP contribution is -2.42. The van der Waals surface area contributed by atoms with Crippen molar-refractivity contribution in [2.45, 2.75) is 43.7 Å². The number of hydrogen-bond donors (Lipinski definition) is 3. The monoisotopic (exact) mass is 640 g/mol. The number of anilines is 1. The fourth-order valence-electron chi connectivity index (χ4n) is 6.50. The van der Waals surface area contributed by atoms with Gasteiger partial charge >= 0.3 is 0 Å². The van der Waals surface area contributed by atoms with Crippen molar-refractivity contribution in [3.63, 3.8) is 0 Å². The summed E-state index contributed by atoms with van der Waals surface area (Å²) in [6.07, 6.45) is 1.89. The van der Waals surface area contributed by atoms with E-state index in [0.29, 0.717) is 17.9 Å². The molecule has 7 rings (SSSR count). The third-order valence-corrected chi connectivity index (χ3v) is 9.36. The molecule has 0 radical (unpaired) electrons. The molecule has 1 saturated heterocycles. The number of carbonyl (C=O) groups excluding carboxylic acids is 1. The number of nitrogen functional groups attached to an aromatic ring is 1. The van der Waals surface area contributed by atoms with E-state index >= 15 is 0 Å². The summed E-state index contributed by atoms with van der Waals surface area (Å²) in [6, 6.07) is 23.3. The fourth-order valence-corrected chi connectivity index (χ4v) is 6.50. The lowest BCUT2D eigenvalue weighted by Gasteiger charge is -2.31. The highest BCUT2D eigenvalue weighted by Crippen LogP contribution is 2.43. The standard InChI is InChI=1S/C36H35F3N6O2/c1-43-29(21-42-45(47)32-19-30(32)25-8-11-33(40)41-20-25)17-27-16-26(18-31(34(27)43)23-6-9-28(37)10-7-23)22-2-4-24(5-3-22)35(46)44-14-12-36(38,39)13-15-44/h2-11,16-18,20,30,32,42,47H,12-15,19,21H2,1H3,(H2,40,41)/t30-,32+/m1/s1. The van der Waals surface area contributed by atoms with Gasteiger partial charge in [0.2, 0.25) is 0 Å². The van der Waals surface area contributed by atoms with Crippen LogP contribution in [0.3, 0.4) is 0 Å². The minimum Gasteiger partial charge on any atom is -0.384 e. The van der Waals surface area contributed by atoms with E-state index in [0.717, 1.165) is 50.8 Å². The van der Waals surface area contributed by atoms with E-state index in [9.17, 15) is 23.2 Å². The third kappa shape index (κ3) is 6.34. The van der Waals surface area contributed by atoms with E-state index in [1.165, 1.54) is 22.2 Å². The molecule has 3 aromatic carbocycles. The molecule has 4 N–H and O–H groups in total. The number of amides is 1. The third-order valence-electron chi connectivity index (χ3n) is 9.36. The van der Waals surface area contributed by atoms with E-state index in [-0.39, 0.29) is 49.6 Å². The molecule has 8 nitrogen and oxygen atoms in total. The van der Waals surface area contributed by atoms with Crippen LogP contribution < -0.4 is 11.2 Å². The second kappa shape index (κ2) is 12.1. The van der Waals surface area contributed by atoms with E-state index in [4.69, 9.17) is 5.73 Å². The number of benzene rings is 3. The number of aryl methyl sites for hydroxylation is 1. The molecular formula is C36H35F3N6O2. The first-order valence-corrected chi connectivity index (χ1v) is 15.7. The van der Waals surface area contributed by atoms with E-state index < -0.39 is 5.92 Å². The van der Waals surface area contributed by atoms with E-state index in [2.05, 4.69) is 27.1 Å². The number of pyridine rings is 1. The summed E-state index contributed by atoms with van der Waals surface area (Å²) in [4.78, 5) is 18.7. The van der Waals surface area contributed by atoms with Crippen molar-refractivity contribution < 1.29 is 23.2 Å². The zero-order chi connectivity index (χ0) is 32.9. The van der Waals surface area contributed by atoms with Crippen LogP contribution in [0.2, 0.25) is 0 Å². The molecule has 2 atom stereocenters. The van der Waals surface area contributed by atoms with Crippen LogP contribution in [0, 0.1) is 5.82 Å². The van der Waals surface area contributed by atoms with Gasteiger partial charge in [0.25, 0.3) is 11.8 Å². The molecule has 2 fully saturated rings. The number of piperidine rings is 1. The topological polar surface area (TPSA) is 99.6 Å². The number of rotatable bonds is 8. The highest BCUT2D eigenvalue weighted by atomic mass is 19.3. The largest absolute Gasteiger partial charge is 0.384 e. The van der Waals surface area contributed by atoms with Gasteiger partial charge in [-0.15, -0.1) is 5.17 Å². The number of nitrogens with zero attached hydrogens (tertiary/aromatic N) is 4. The number of nitrogens with two attached hydrogens (primary N) is 1. The van der Waals surface area contributed by atoms with Crippen molar-refractivity contribution in [2.75, 3.05) is 18.8 Å². The molecule has 1 aliphatic carbocycles. The molecular weight excluding hydrogens is 605 g/mol. The Labute approximate surface area is 270 Å². The van der Waals surface area contributed by atoms with Gasteiger partial charge in [0, 0.05) is 67.3 Å². The van der Waals surface area contributed by atoms with E-state index in [1.807, 2.05) is 31.3 Å². The first kappa shape index (κ1) is 30.9. The first-order valence-electron chi connectivity index (χ1n) is 15.7. The van der Waals surface area contributed by atoms with Crippen LogP contribution in [0.15, 0.2) is 85.1 Å². The highest BCUT2D eigenvalue weighted by Gasteiger charge is 2.43. The number of halogens is 3. The Kier molecular flexibility index (Phi) is 7.99. The van der Waals surface area contributed by atoms with Gasteiger partial charge < -0.3 is 15.2 Å². The summed E-state index contributed by atoms with van der Waals surface area (Å²) in [7, 11) is 1.96. The summed E-state index contributed by atoms with van der Waals surface area (Å²) < 4.78 is 43.2. The number of hydrogen-bond acceptors (Lipinski definition) is 6. The van der Waals surface area contributed by atoms with Gasteiger partial charge in [0.05, 0.1) is 18.1 Å². The number of carbonyl (C=O) groups is 1. The maximum Gasteiger partial charge on any atom is 0.253 e. The Morgan fingerprint density at radius 1 is 1.00 bits per heavy atom. The summed E-state index contributed by atoms with van der Waals surface area (Å²) in [5.74, 6) is -2.68. The molecule has 2 aromatic heterocycles. The zero-order valence-corrected chi connectivity index (χ0v) is 25.8. The molecule has 0 spiro atoms. The van der Waals surface area contributed by atoms with Gasteiger partial charge in [-0.2, -0.15) is 0 Å². The van der Waals surface area contributed by atoms with Crippen molar-refractivity contribution >= 4 is 22.6 Å². The molecule has 11 heteroatoms. The summed E-state index contributed by atoms with van der Waals surface area (Å²) in [5.41, 5.74) is 15.7. The van der Waals surface area contributed by atoms with Crippen LogP contribution in [0.1, 0.15) is 46.8 Å². The van der Waals surface area contributed by atoms with Crippen LogP contribution in [0.5, 0.6) is 0 Å². The Hall–Kier alpha value is -4.71. The SMILES string of the molecule is Cn1c(CNN(O)[C@H]2C[C@@H]2c2ccc(N)nc2)cc2cc(-c3ccc(C(=O)N4CCC(F)(F)CC4)cc3)cc(-c3ccc(F)cc3)c21. The molecule has 3 heterocycles. The predicted molar refractivity (Wildman–Crippen MR) is 174 cm³/mol. The van der Waals surface area contributed by atoms with Gasteiger partial charge in [-0.25, -0.2) is 23.6 Å². The maximum absolute atomic E-state index is 13.9. The van der Waals surface area contributed by atoms with Crippen molar-refractivity contribution in [1.29, 1.82) is 0 Å². The fraction of sp³-hybridized carbons (Fsp3) is 0.278. The van der Waals surface area contributed by atoms with Crippen LogP contribution in [-0.4, -0.2) is 55.8 Å². The molecule has 5 aromatic rings. The minimum absolute atomic E-state index is 0.0336. The molecule has 242 valence electrons. The summed E-state index contributed by atoms with van der Waals surface area (Å²) >= 11 is 0. The number of fused-ring (bicyclic) bond motifs is 1. The number of nitrogens with one attached hydrogen (secondary N) is 1. The molecule has 1 amide bonds. The molecule has 1 aliphatic heterocycles. The second-order valence-electron chi connectivity index (χ2n) is 12.5. The van der Waals surface area contributed by atoms with Crippen LogP contribution in [-0.2, 0) is 13.6 Å². The number of likely N-dealkylation sites (tertiary alicyclic amines) is 1. The number of aromatic nitrogens is 2. The van der Waals surface area contributed by atoms with Gasteiger partial charge in [0.1, 0.15) is 11.6 Å². The van der Waals surface area contributed by atoms with Gasteiger partial charge in [0.15, 0.2) is 0 Å². The van der Waals surface area contributed by atoms with Gasteiger partial charge in [-0.1, -0.05) is 30.3 Å². The minimum atomic E-state index is -2.72. The van der Waals surface area contributed by atoms with Gasteiger partial charge in [-0.3, -0.25) is 10.0 Å². The number of alkyl halides is 2. The summed E-state index contributed by atoms with van der Waals surface area (Å²) in [5, 5.41) is 12.9. The molecule has 0 unspecified atom stereocenters. The van der Waals surface area contributed by atoms with Crippen molar-refractivity contribution in [3.05, 3.63) is 108 Å². The number of hydroxylamine groups is 1. The Balaban J connectivity index is 1.14. The Bertz CT molecular complexity index is 1920. The van der Waals surface area contributed by atoms with E-state index in [1.54, 1.807) is 36.5 Å². The maximum atomic E-state index is 13.9. The highest BCUT2D eigenvalue weighted by molar-refractivity contribution is 5.99. The van der Waals surface area contributed by atoms with Crippen LogP contribution >= 0.6 is 0 Å². The lowest BCUT2D eigenvalue weighted by molar-refractivity contribution is -0.149. The average molecular weight is 641 g/mol. The lowest BCUT2D eigenvalue weighted by atomic mass is 9.95. The summed E-state index contributed by atoms with van der Waals surface area (Å²) in [6.45, 7) is 0.431. The van der Waals surface area contributed by atoms with Crippen molar-refractivity contribution in [2.24, 2.45) is 7.05 Å². The van der Waals surface area contributed by atoms with Crippen LogP contribution in [0.25, 0.3) is 33.2 Å². The Morgan fingerprint density at radius 2 is 1.70 bits per heavy atom. The van der Waals surface area contributed by atoms with Crippen LogP contribution in [0.4, 0.5) is 19.0 Å². The van der Waals surface area contributed by atoms with Gasteiger partial charge in [-0.05, 0) is 77.2 Å². The Morgan fingerprint density at radius 3 is 2.38 bits per heavy atom. The van der Waals surface area contributed by atoms with Crippen molar-refractivity contribution in [3.8, 4) is 22.3 Å². The molecule has 47 heavy (non-hydrogen) atoms. The molecule has 2 aliphatic rings. The predicted octanol–water partition coefficient (Wildman–Crippen LogP) is 6.75. The quantitative estimate of drug-likeness (QED) is 0.162. The first-order chi connectivity index (χ1) is 22.6. The normalized spacial score (nSPS) is 19.0. The smallest absolute Gasteiger partial charge is 0.253 e. The number of hydrazine groups is 1. The average Bonchev–Trinajstić information content (AvgIpc) is 3.81. The molecule has 0 bridgehead atoms. The zero-order valence-electron chi connectivity index (χ0n) is 25.8.